The van der Waals surface area contributed by atoms with Crippen LogP contribution in [-0.2, 0) is 17.6 Å². The molecule has 25 heavy (non-hydrogen) atoms. The normalized spacial score (nSPS) is 10.9. The lowest BCUT2D eigenvalue weighted by atomic mass is 10.1. The van der Waals surface area contributed by atoms with E-state index in [9.17, 15) is 9.18 Å². The zero-order valence-corrected chi connectivity index (χ0v) is 14.8. The molecule has 3 aromatic rings. The van der Waals surface area contributed by atoms with Gasteiger partial charge in [0.15, 0.2) is 0 Å². The lowest BCUT2D eigenvalue weighted by Gasteiger charge is -2.01. The molecule has 0 aliphatic rings. The first-order valence-corrected chi connectivity index (χ1v) is 8.43. The molecule has 3 rings (SSSR count). The third kappa shape index (κ3) is 3.58. The van der Waals surface area contributed by atoms with E-state index < -0.39 is 5.82 Å². The molecule has 6 nitrogen and oxygen atoms in total. The lowest BCUT2D eigenvalue weighted by molar-refractivity contribution is 0.0605. The maximum atomic E-state index is 13.1. The highest BCUT2D eigenvalue weighted by Crippen LogP contribution is 2.26. The number of carbonyl (C=O) groups is 1. The summed E-state index contributed by atoms with van der Waals surface area (Å²) in [5, 5.41) is 4.87. The predicted molar refractivity (Wildman–Crippen MR) is 90.0 cm³/mol. The first kappa shape index (κ1) is 17.2. The minimum atomic E-state index is -0.404. The second-order valence-electron chi connectivity index (χ2n) is 5.44. The molecule has 0 aliphatic carbocycles. The number of halogens is 1. The summed E-state index contributed by atoms with van der Waals surface area (Å²) in [6, 6.07) is 2.90. The second-order valence-corrected chi connectivity index (χ2v) is 6.52. The minimum Gasteiger partial charge on any atom is -0.465 e. The fourth-order valence-electron chi connectivity index (χ4n) is 2.48. The summed E-state index contributed by atoms with van der Waals surface area (Å²) in [4.78, 5) is 20.7. The van der Waals surface area contributed by atoms with Crippen LogP contribution in [0.15, 0.2) is 22.9 Å². The molecule has 3 aromatic heterocycles. The Bertz CT molecular complexity index is 903. The number of esters is 1. The summed E-state index contributed by atoms with van der Waals surface area (Å²) >= 11 is 1.32. The van der Waals surface area contributed by atoms with Crippen molar-refractivity contribution in [1.82, 2.24) is 15.1 Å². The zero-order valence-electron chi connectivity index (χ0n) is 14.0. The van der Waals surface area contributed by atoms with Gasteiger partial charge in [-0.25, -0.2) is 14.2 Å². The van der Waals surface area contributed by atoms with Crippen LogP contribution >= 0.6 is 11.3 Å². The average molecular weight is 361 g/mol. The van der Waals surface area contributed by atoms with Crippen LogP contribution in [0.5, 0.6) is 0 Å². The Kier molecular flexibility index (Phi) is 4.89. The average Bonchev–Trinajstić information content (AvgIpc) is 3.16. The lowest BCUT2D eigenvalue weighted by Crippen LogP contribution is -1.99. The standard InChI is InChI=1S/C17H16FN3O3S/c1-9-16(17(22)23-3)25-14(20-9)7-5-12-10(2)24-21-15(12)13-6-4-11(18)8-19-13/h4,6,8H,5,7H2,1-3H3. The Morgan fingerprint density at radius 1 is 1.32 bits per heavy atom. The monoisotopic (exact) mass is 361 g/mol. The molecular weight excluding hydrogens is 345 g/mol. The summed E-state index contributed by atoms with van der Waals surface area (Å²) in [6.07, 6.45) is 2.39. The molecule has 0 radical (unpaired) electrons. The second kappa shape index (κ2) is 7.10. The highest BCUT2D eigenvalue weighted by atomic mass is 32.1. The summed E-state index contributed by atoms with van der Waals surface area (Å²) in [7, 11) is 1.35. The minimum absolute atomic E-state index is 0.376. The molecule has 0 bridgehead atoms. The van der Waals surface area contributed by atoms with E-state index in [4.69, 9.17) is 9.26 Å². The number of aromatic nitrogens is 3. The fourth-order valence-corrected chi connectivity index (χ4v) is 3.46. The van der Waals surface area contributed by atoms with Crippen molar-refractivity contribution in [1.29, 1.82) is 0 Å². The van der Waals surface area contributed by atoms with Gasteiger partial charge in [0.1, 0.15) is 22.1 Å². The van der Waals surface area contributed by atoms with E-state index in [1.807, 2.05) is 6.92 Å². The molecule has 130 valence electrons. The summed E-state index contributed by atoms with van der Waals surface area (Å²) < 4.78 is 23.1. The van der Waals surface area contributed by atoms with Crippen LogP contribution in [0.4, 0.5) is 4.39 Å². The molecule has 0 saturated heterocycles. The van der Waals surface area contributed by atoms with E-state index in [-0.39, 0.29) is 5.97 Å². The molecular formula is C17H16FN3O3S. The zero-order chi connectivity index (χ0) is 18.0. The van der Waals surface area contributed by atoms with Gasteiger partial charge in [-0.15, -0.1) is 11.3 Å². The number of hydrogen-bond donors (Lipinski definition) is 0. The smallest absolute Gasteiger partial charge is 0.349 e. The van der Waals surface area contributed by atoms with Crippen LogP contribution in [0.2, 0.25) is 0 Å². The molecule has 0 atom stereocenters. The maximum absolute atomic E-state index is 13.1. The quantitative estimate of drug-likeness (QED) is 0.647. The number of hydrogen-bond acceptors (Lipinski definition) is 7. The van der Waals surface area contributed by atoms with Crippen LogP contribution in [0.1, 0.15) is 31.7 Å². The summed E-state index contributed by atoms with van der Waals surface area (Å²) in [5.74, 6) is -0.0969. The molecule has 0 amide bonds. The molecule has 0 saturated carbocycles. The van der Waals surface area contributed by atoms with Crippen LogP contribution in [0, 0.1) is 19.7 Å². The van der Waals surface area contributed by atoms with Crippen molar-refractivity contribution in [2.75, 3.05) is 7.11 Å². The maximum Gasteiger partial charge on any atom is 0.349 e. The van der Waals surface area contributed by atoms with E-state index in [0.29, 0.717) is 40.6 Å². The molecule has 0 spiro atoms. The van der Waals surface area contributed by atoms with E-state index in [1.165, 1.54) is 24.5 Å². The van der Waals surface area contributed by atoms with Crippen molar-refractivity contribution in [2.24, 2.45) is 0 Å². The van der Waals surface area contributed by atoms with E-state index in [2.05, 4.69) is 15.1 Å². The van der Waals surface area contributed by atoms with Gasteiger partial charge >= 0.3 is 5.97 Å². The van der Waals surface area contributed by atoms with Crippen molar-refractivity contribution in [3.63, 3.8) is 0 Å². The number of rotatable bonds is 5. The van der Waals surface area contributed by atoms with Crippen molar-refractivity contribution < 1.29 is 18.4 Å². The third-order valence-electron chi connectivity index (χ3n) is 3.76. The number of ether oxygens (including phenoxy) is 1. The van der Waals surface area contributed by atoms with Gasteiger partial charge in [-0.3, -0.25) is 4.98 Å². The van der Waals surface area contributed by atoms with Gasteiger partial charge in [0.2, 0.25) is 0 Å². The Balaban J connectivity index is 1.81. The Morgan fingerprint density at radius 2 is 2.12 bits per heavy atom. The first-order valence-electron chi connectivity index (χ1n) is 7.61. The van der Waals surface area contributed by atoms with E-state index >= 15 is 0 Å². The van der Waals surface area contributed by atoms with Gasteiger partial charge < -0.3 is 9.26 Å². The van der Waals surface area contributed by atoms with Crippen LogP contribution < -0.4 is 0 Å². The van der Waals surface area contributed by atoms with Crippen LogP contribution in [0.25, 0.3) is 11.4 Å². The highest BCUT2D eigenvalue weighted by molar-refractivity contribution is 7.13. The topological polar surface area (TPSA) is 78.1 Å². The largest absolute Gasteiger partial charge is 0.465 e. The Hall–Kier alpha value is -2.61. The Morgan fingerprint density at radius 3 is 2.80 bits per heavy atom. The third-order valence-corrected chi connectivity index (χ3v) is 4.95. The van der Waals surface area contributed by atoms with Crippen molar-refractivity contribution in [3.05, 3.63) is 51.0 Å². The van der Waals surface area contributed by atoms with Crippen LogP contribution in [-0.4, -0.2) is 28.2 Å². The van der Waals surface area contributed by atoms with E-state index in [0.717, 1.165) is 16.8 Å². The molecule has 0 aromatic carbocycles. The van der Waals surface area contributed by atoms with Gasteiger partial charge in [-0.2, -0.15) is 0 Å². The van der Waals surface area contributed by atoms with Crippen molar-refractivity contribution in [3.8, 4) is 11.4 Å². The van der Waals surface area contributed by atoms with Crippen molar-refractivity contribution in [2.45, 2.75) is 26.7 Å². The van der Waals surface area contributed by atoms with E-state index in [1.54, 1.807) is 13.0 Å². The van der Waals surface area contributed by atoms with Gasteiger partial charge in [0, 0.05) is 12.0 Å². The molecule has 3 heterocycles. The number of aryl methyl sites for hydroxylation is 3. The predicted octanol–water partition coefficient (Wildman–Crippen LogP) is 3.52. The first-order chi connectivity index (χ1) is 12.0. The molecule has 0 unspecified atom stereocenters. The SMILES string of the molecule is COC(=O)c1sc(CCc2c(-c3ccc(F)cn3)noc2C)nc1C. The number of thiazole rings is 1. The summed E-state index contributed by atoms with van der Waals surface area (Å²) in [6.45, 7) is 3.60. The highest BCUT2D eigenvalue weighted by Gasteiger charge is 2.19. The van der Waals surface area contributed by atoms with Gasteiger partial charge in [0.25, 0.3) is 0 Å². The molecule has 0 aliphatic heterocycles. The fraction of sp³-hybridized carbons (Fsp3) is 0.294. The van der Waals surface area contributed by atoms with Gasteiger partial charge in [0.05, 0.1) is 29.7 Å². The summed E-state index contributed by atoms with van der Waals surface area (Å²) in [5.41, 5.74) is 2.71. The molecule has 0 N–H and O–H groups in total. The van der Waals surface area contributed by atoms with Crippen molar-refractivity contribution >= 4 is 17.3 Å². The molecule has 0 fully saturated rings. The van der Waals surface area contributed by atoms with Gasteiger partial charge in [-0.05, 0) is 32.4 Å². The van der Waals surface area contributed by atoms with Crippen LogP contribution in [0.3, 0.4) is 0 Å². The number of carbonyl (C=O) groups excluding carboxylic acids is 1. The number of nitrogens with zero attached hydrogens (tertiary/aromatic N) is 3. The number of pyridine rings is 1. The Labute approximate surface area is 147 Å². The molecule has 8 heteroatoms. The van der Waals surface area contributed by atoms with Gasteiger partial charge in [-0.1, -0.05) is 5.16 Å². The number of methoxy groups -OCH3 is 1.